The highest BCUT2D eigenvalue weighted by Gasteiger charge is 2.56. The second kappa shape index (κ2) is 3.11. The van der Waals surface area contributed by atoms with Gasteiger partial charge in [-0.3, -0.25) is 4.79 Å². The Morgan fingerprint density at radius 3 is 2.19 bits per heavy atom. The van der Waals surface area contributed by atoms with E-state index < -0.39 is 0 Å². The van der Waals surface area contributed by atoms with E-state index in [1.807, 2.05) is 6.07 Å². The van der Waals surface area contributed by atoms with Crippen LogP contribution >= 0.6 is 0 Å². The molecule has 21 heavy (non-hydrogen) atoms. The molecule has 2 aromatic rings. The standard InChI is InChI=1S/C18H12O3/c1-7(19)8-5-6-11-13-12-9(15-16(11)20-15)3-2-4-10(12)17-18(21-17)14(8)13/h2-6,15-18H,1H3/t15-,16+,17-,18+/m0/s1. The van der Waals surface area contributed by atoms with Gasteiger partial charge in [-0.2, -0.15) is 0 Å². The lowest BCUT2D eigenvalue weighted by molar-refractivity contribution is 0.101. The minimum Gasteiger partial charge on any atom is -0.359 e. The molecule has 2 saturated heterocycles. The molecule has 0 amide bonds. The van der Waals surface area contributed by atoms with Crippen LogP contribution in [-0.4, -0.2) is 5.78 Å². The number of hydrogen-bond acceptors (Lipinski definition) is 3. The van der Waals surface area contributed by atoms with Gasteiger partial charge in [0.1, 0.15) is 24.4 Å². The van der Waals surface area contributed by atoms with Crippen molar-refractivity contribution < 1.29 is 14.3 Å². The van der Waals surface area contributed by atoms with Crippen molar-refractivity contribution in [2.24, 2.45) is 0 Å². The summed E-state index contributed by atoms with van der Waals surface area (Å²) in [5.41, 5.74) is 8.14. The number of epoxide rings is 2. The maximum absolute atomic E-state index is 12.0. The van der Waals surface area contributed by atoms with Crippen molar-refractivity contribution >= 4 is 5.78 Å². The average Bonchev–Trinajstić information content (AvgIpc) is 3.36. The molecule has 4 atom stereocenters. The third kappa shape index (κ3) is 1.10. The Balaban J connectivity index is 1.81. The second-order valence-corrected chi connectivity index (χ2v) is 6.31. The first-order valence-electron chi connectivity index (χ1n) is 7.37. The van der Waals surface area contributed by atoms with E-state index in [1.54, 1.807) is 6.92 Å². The molecule has 0 bridgehead atoms. The molecular weight excluding hydrogens is 264 g/mol. The van der Waals surface area contributed by atoms with E-state index in [0.29, 0.717) is 0 Å². The molecule has 2 aliphatic heterocycles. The lowest BCUT2D eigenvalue weighted by Gasteiger charge is -2.26. The Morgan fingerprint density at radius 2 is 1.48 bits per heavy atom. The topological polar surface area (TPSA) is 42.1 Å². The highest BCUT2D eigenvalue weighted by Crippen LogP contribution is 2.68. The van der Waals surface area contributed by atoms with Crippen LogP contribution in [0, 0.1) is 0 Å². The quantitative estimate of drug-likeness (QED) is 0.587. The molecule has 2 heterocycles. The van der Waals surface area contributed by atoms with Crippen LogP contribution < -0.4 is 0 Å². The Labute approximate surface area is 121 Å². The van der Waals surface area contributed by atoms with Crippen LogP contribution in [0.15, 0.2) is 30.3 Å². The molecule has 3 nitrogen and oxygen atoms in total. The summed E-state index contributed by atoms with van der Waals surface area (Å²) < 4.78 is 11.8. The summed E-state index contributed by atoms with van der Waals surface area (Å²) in [4.78, 5) is 12.0. The maximum Gasteiger partial charge on any atom is 0.160 e. The van der Waals surface area contributed by atoms with Gasteiger partial charge in [0, 0.05) is 11.1 Å². The molecule has 6 rings (SSSR count). The molecule has 0 spiro atoms. The Hall–Kier alpha value is -1.97. The number of carbonyl (C=O) groups is 1. The van der Waals surface area contributed by atoms with Crippen molar-refractivity contribution in [3.8, 4) is 11.1 Å². The molecule has 0 radical (unpaired) electrons. The fourth-order valence-electron chi connectivity index (χ4n) is 4.26. The predicted octanol–water partition coefficient (Wildman–Crippen LogP) is 3.81. The molecule has 2 aliphatic carbocycles. The Kier molecular flexibility index (Phi) is 1.58. The van der Waals surface area contributed by atoms with Gasteiger partial charge >= 0.3 is 0 Å². The monoisotopic (exact) mass is 276 g/mol. The van der Waals surface area contributed by atoms with Gasteiger partial charge in [-0.1, -0.05) is 30.3 Å². The lowest BCUT2D eigenvalue weighted by atomic mass is 9.74. The number of ether oxygens (including phenoxy) is 2. The van der Waals surface area contributed by atoms with Crippen molar-refractivity contribution in [2.45, 2.75) is 31.3 Å². The molecule has 2 fully saturated rings. The van der Waals surface area contributed by atoms with Crippen LogP contribution in [0.5, 0.6) is 0 Å². The van der Waals surface area contributed by atoms with E-state index in [9.17, 15) is 4.79 Å². The molecule has 4 aliphatic rings. The van der Waals surface area contributed by atoms with Gasteiger partial charge in [0.2, 0.25) is 0 Å². The normalized spacial score (nSPS) is 31.9. The first-order chi connectivity index (χ1) is 10.3. The number of Topliss-reactive ketones (excluding diaryl/α,β-unsaturated/α-hetero) is 1. The minimum atomic E-state index is 0.0527. The number of rotatable bonds is 1. The van der Waals surface area contributed by atoms with E-state index in [2.05, 4.69) is 24.3 Å². The first-order valence-corrected chi connectivity index (χ1v) is 7.37. The summed E-state index contributed by atoms with van der Waals surface area (Å²) in [5, 5.41) is 0. The predicted molar refractivity (Wildman–Crippen MR) is 75.0 cm³/mol. The van der Waals surface area contributed by atoms with Crippen molar-refractivity contribution in [3.05, 3.63) is 58.1 Å². The first kappa shape index (κ1) is 10.7. The largest absolute Gasteiger partial charge is 0.359 e. The van der Waals surface area contributed by atoms with E-state index in [0.717, 1.165) is 11.1 Å². The third-order valence-corrected chi connectivity index (χ3v) is 5.22. The maximum atomic E-state index is 12.0. The summed E-state index contributed by atoms with van der Waals surface area (Å²) in [7, 11) is 0. The number of carbonyl (C=O) groups excluding carboxylic acids is 1. The SMILES string of the molecule is CC(=O)c1ccc2c3c1[C@H]1O[C@H]1c1cccc(c1-3)[C@@H]1O[C@H]21. The zero-order chi connectivity index (χ0) is 13.9. The summed E-state index contributed by atoms with van der Waals surface area (Å²) in [6, 6.07) is 10.4. The van der Waals surface area contributed by atoms with Gasteiger partial charge in [-0.25, -0.2) is 0 Å². The highest BCUT2D eigenvalue weighted by atomic mass is 16.6. The van der Waals surface area contributed by atoms with Crippen LogP contribution in [0.2, 0.25) is 0 Å². The van der Waals surface area contributed by atoms with Gasteiger partial charge in [-0.05, 0) is 34.7 Å². The van der Waals surface area contributed by atoms with Crippen LogP contribution in [0.3, 0.4) is 0 Å². The lowest BCUT2D eigenvalue weighted by Crippen LogP contribution is -2.12. The van der Waals surface area contributed by atoms with Gasteiger partial charge < -0.3 is 9.47 Å². The van der Waals surface area contributed by atoms with Crippen LogP contribution in [-0.2, 0) is 9.47 Å². The average molecular weight is 276 g/mol. The number of hydrogen-bond donors (Lipinski definition) is 0. The van der Waals surface area contributed by atoms with Crippen LogP contribution in [0.25, 0.3) is 11.1 Å². The van der Waals surface area contributed by atoms with Crippen molar-refractivity contribution in [3.63, 3.8) is 0 Å². The van der Waals surface area contributed by atoms with E-state index in [4.69, 9.17) is 9.47 Å². The van der Waals surface area contributed by atoms with Gasteiger partial charge in [-0.15, -0.1) is 0 Å². The second-order valence-electron chi connectivity index (χ2n) is 6.31. The van der Waals surface area contributed by atoms with E-state index in [-0.39, 0.29) is 30.2 Å². The van der Waals surface area contributed by atoms with Crippen molar-refractivity contribution in [1.82, 2.24) is 0 Å². The Morgan fingerprint density at radius 1 is 0.857 bits per heavy atom. The summed E-state index contributed by atoms with van der Waals surface area (Å²) in [5.74, 6) is 0.113. The van der Waals surface area contributed by atoms with Gasteiger partial charge in [0.05, 0.1) is 0 Å². The summed E-state index contributed by atoms with van der Waals surface area (Å²) >= 11 is 0. The summed E-state index contributed by atoms with van der Waals surface area (Å²) in [6.07, 6.45) is 0.532. The smallest absolute Gasteiger partial charge is 0.160 e. The molecule has 0 unspecified atom stereocenters. The fraction of sp³-hybridized carbons (Fsp3) is 0.278. The van der Waals surface area contributed by atoms with Crippen LogP contribution in [0.1, 0.15) is 64.0 Å². The molecule has 102 valence electrons. The third-order valence-electron chi connectivity index (χ3n) is 5.22. The van der Waals surface area contributed by atoms with Crippen molar-refractivity contribution in [1.29, 1.82) is 0 Å². The summed E-state index contributed by atoms with van der Waals surface area (Å²) in [6.45, 7) is 1.64. The molecule has 0 N–H and O–H groups in total. The van der Waals surface area contributed by atoms with E-state index >= 15 is 0 Å². The van der Waals surface area contributed by atoms with Gasteiger partial charge in [0.15, 0.2) is 5.78 Å². The highest BCUT2D eigenvalue weighted by molar-refractivity contribution is 6.00. The molecule has 0 aromatic heterocycles. The number of ketones is 1. The van der Waals surface area contributed by atoms with Crippen LogP contribution in [0.4, 0.5) is 0 Å². The van der Waals surface area contributed by atoms with Gasteiger partial charge in [0.25, 0.3) is 0 Å². The zero-order valence-corrected chi connectivity index (χ0v) is 11.4. The van der Waals surface area contributed by atoms with Crippen molar-refractivity contribution in [2.75, 3.05) is 0 Å². The van der Waals surface area contributed by atoms with E-state index in [1.165, 1.54) is 27.8 Å². The number of benzene rings is 2. The fourth-order valence-corrected chi connectivity index (χ4v) is 4.26. The molecule has 3 heteroatoms. The Bertz CT molecular complexity index is 853. The zero-order valence-electron chi connectivity index (χ0n) is 11.4. The molecule has 0 saturated carbocycles. The molecular formula is C18H12O3. The molecule has 2 aromatic carbocycles. The minimum absolute atomic E-state index is 0.0527. The number of fused-ring (bicyclic) bond motifs is 6.